The molecule has 1 aliphatic rings. The van der Waals surface area contributed by atoms with E-state index in [-0.39, 0.29) is 11.3 Å². The predicted molar refractivity (Wildman–Crippen MR) is 70.2 cm³/mol. The number of rotatable bonds is 5. The molecular formula is C14H17NO4. The van der Waals surface area contributed by atoms with Crippen molar-refractivity contribution < 1.29 is 19.4 Å². The zero-order valence-electron chi connectivity index (χ0n) is 10.8. The fraction of sp³-hybridized carbons (Fsp3) is 0.429. The number of carboxylic acids is 1. The molecule has 0 spiro atoms. The number of ether oxygens (including phenoxy) is 1. The molecule has 5 nitrogen and oxygen atoms in total. The summed E-state index contributed by atoms with van der Waals surface area (Å²) in [6.07, 6.45) is 2.91. The van der Waals surface area contributed by atoms with Gasteiger partial charge in [-0.3, -0.25) is 4.79 Å². The van der Waals surface area contributed by atoms with Gasteiger partial charge in [0.15, 0.2) is 6.61 Å². The quantitative estimate of drug-likeness (QED) is 0.854. The SMILES string of the molecule is CC1(C(=O)Nc2cccc(OCC(=O)O)c2)CCC1. The number of benzene rings is 1. The monoisotopic (exact) mass is 263 g/mol. The van der Waals surface area contributed by atoms with E-state index in [9.17, 15) is 9.59 Å². The van der Waals surface area contributed by atoms with Gasteiger partial charge < -0.3 is 15.2 Å². The van der Waals surface area contributed by atoms with Crippen LogP contribution in [-0.2, 0) is 9.59 Å². The first-order chi connectivity index (χ1) is 8.99. The van der Waals surface area contributed by atoms with Gasteiger partial charge in [-0.25, -0.2) is 4.79 Å². The summed E-state index contributed by atoms with van der Waals surface area (Å²) < 4.78 is 5.06. The van der Waals surface area contributed by atoms with Crippen molar-refractivity contribution in [3.8, 4) is 5.75 Å². The standard InChI is InChI=1S/C14H17NO4/c1-14(6-3-7-14)13(18)15-10-4-2-5-11(8-10)19-9-12(16)17/h2,4-5,8H,3,6-7,9H2,1H3,(H,15,18)(H,16,17). The lowest BCUT2D eigenvalue weighted by molar-refractivity contribution is -0.139. The van der Waals surface area contributed by atoms with Crippen LogP contribution in [0.1, 0.15) is 26.2 Å². The summed E-state index contributed by atoms with van der Waals surface area (Å²) >= 11 is 0. The van der Waals surface area contributed by atoms with Crippen molar-refractivity contribution in [1.82, 2.24) is 0 Å². The molecule has 0 aromatic heterocycles. The van der Waals surface area contributed by atoms with E-state index in [0.717, 1.165) is 19.3 Å². The van der Waals surface area contributed by atoms with Gasteiger partial charge in [0.25, 0.3) is 0 Å². The Morgan fingerprint density at radius 2 is 2.16 bits per heavy atom. The Hall–Kier alpha value is -2.04. The lowest BCUT2D eigenvalue weighted by atomic mass is 9.70. The molecule has 0 atom stereocenters. The molecule has 2 rings (SSSR count). The molecule has 19 heavy (non-hydrogen) atoms. The van der Waals surface area contributed by atoms with Crippen LogP contribution < -0.4 is 10.1 Å². The van der Waals surface area contributed by atoms with Crippen LogP contribution >= 0.6 is 0 Å². The molecule has 0 saturated heterocycles. The maximum absolute atomic E-state index is 12.0. The van der Waals surface area contributed by atoms with E-state index in [1.165, 1.54) is 0 Å². The van der Waals surface area contributed by atoms with Gasteiger partial charge in [0.05, 0.1) is 0 Å². The third kappa shape index (κ3) is 3.24. The normalized spacial score (nSPS) is 16.3. The van der Waals surface area contributed by atoms with E-state index in [1.54, 1.807) is 24.3 Å². The van der Waals surface area contributed by atoms with Crippen LogP contribution in [0, 0.1) is 5.41 Å². The minimum atomic E-state index is -1.03. The molecule has 0 bridgehead atoms. The Balaban J connectivity index is 1.98. The summed E-state index contributed by atoms with van der Waals surface area (Å²) in [6, 6.07) is 6.76. The third-order valence-electron chi connectivity index (χ3n) is 3.46. The summed E-state index contributed by atoms with van der Waals surface area (Å²) in [7, 11) is 0. The van der Waals surface area contributed by atoms with Crippen LogP contribution in [-0.4, -0.2) is 23.6 Å². The molecule has 1 aliphatic carbocycles. The maximum atomic E-state index is 12.0. The highest BCUT2D eigenvalue weighted by atomic mass is 16.5. The average Bonchev–Trinajstić information content (AvgIpc) is 2.34. The molecule has 0 unspecified atom stereocenters. The summed E-state index contributed by atoms with van der Waals surface area (Å²) in [5.41, 5.74) is 0.360. The Bertz CT molecular complexity index is 494. The van der Waals surface area contributed by atoms with Gasteiger partial charge in [0.1, 0.15) is 5.75 Å². The number of carboxylic acid groups (broad SMARTS) is 1. The molecule has 1 saturated carbocycles. The van der Waals surface area contributed by atoms with Gasteiger partial charge in [-0.15, -0.1) is 0 Å². The Labute approximate surface area is 111 Å². The fourth-order valence-electron chi connectivity index (χ4n) is 2.02. The Kier molecular flexibility index (Phi) is 3.74. The fourth-order valence-corrected chi connectivity index (χ4v) is 2.02. The minimum absolute atomic E-state index is 0.00846. The number of nitrogens with one attached hydrogen (secondary N) is 1. The van der Waals surface area contributed by atoms with E-state index >= 15 is 0 Å². The molecule has 0 heterocycles. The van der Waals surface area contributed by atoms with Gasteiger partial charge in [-0.05, 0) is 25.0 Å². The van der Waals surface area contributed by atoms with Crippen LogP contribution in [0.4, 0.5) is 5.69 Å². The van der Waals surface area contributed by atoms with Gasteiger partial charge in [-0.1, -0.05) is 19.4 Å². The van der Waals surface area contributed by atoms with Crippen molar-refractivity contribution in [3.63, 3.8) is 0 Å². The van der Waals surface area contributed by atoms with Gasteiger partial charge in [0.2, 0.25) is 5.91 Å². The molecule has 2 N–H and O–H groups in total. The van der Waals surface area contributed by atoms with Gasteiger partial charge in [0, 0.05) is 17.2 Å². The smallest absolute Gasteiger partial charge is 0.341 e. The number of amides is 1. The van der Waals surface area contributed by atoms with E-state index in [0.29, 0.717) is 11.4 Å². The second-order valence-corrected chi connectivity index (χ2v) is 5.08. The number of carbonyl (C=O) groups is 2. The summed E-state index contributed by atoms with van der Waals surface area (Å²) in [6.45, 7) is 1.56. The Morgan fingerprint density at radius 1 is 1.42 bits per heavy atom. The summed E-state index contributed by atoms with van der Waals surface area (Å²) in [5.74, 6) is -0.593. The highest BCUT2D eigenvalue weighted by molar-refractivity contribution is 5.95. The van der Waals surface area contributed by atoms with Crippen LogP contribution in [0.15, 0.2) is 24.3 Å². The minimum Gasteiger partial charge on any atom is -0.482 e. The van der Waals surface area contributed by atoms with Crippen molar-refractivity contribution in [2.75, 3.05) is 11.9 Å². The number of hydrogen-bond donors (Lipinski definition) is 2. The predicted octanol–water partition coefficient (Wildman–Crippen LogP) is 2.28. The van der Waals surface area contributed by atoms with Crippen molar-refractivity contribution in [2.24, 2.45) is 5.41 Å². The van der Waals surface area contributed by atoms with Crippen molar-refractivity contribution >= 4 is 17.6 Å². The van der Waals surface area contributed by atoms with E-state index in [1.807, 2.05) is 6.92 Å². The molecule has 1 aromatic carbocycles. The van der Waals surface area contributed by atoms with Crippen LogP contribution in [0.2, 0.25) is 0 Å². The maximum Gasteiger partial charge on any atom is 0.341 e. The summed E-state index contributed by atoms with van der Waals surface area (Å²) in [4.78, 5) is 22.5. The highest BCUT2D eigenvalue weighted by Gasteiger charge is 2.39. The zero-order valence-corrected chi connectivity index (χ0v) is 10.8. The molecule has 0 aliphatic heterocycles. The highest BCUT2D eigenvalue weighted by Crippen LogP contribution is 2.41. The molecule has 1 amide bonds. The van der Waals surface area contributed by atoms with Crippen LogP contribution in [0.5, 0.6) is 5.75 Å². The topological polar surface area (TPSA) is 75.6 Å². The van der Waals surface area contributed by atoms with Crippen LogP contribution in [0.3, 0.4) is 0 Å². The van der Waals surface area contributed by atoms with E-state index < -0.39 is 12.6 Å². The van der Waals surface area contributed by atoms with Crippen molar-refractivity contribution in [2.45, 2.75) is 26.2 Å². The second kappa shape index (κ2) is 5.30. The largest absolute Gasteiger partial charge is 0.482 e. The molecule has 1 fully saturated rings. The first kappa shape index (κ1) is 13.4. The summed E-state index contributed by atoms with van der Waals surface area (Å²) in [5, 5.41) is 11.4. The number of carbonyl (C=O) groups excluding carboxylic acids is 1. The number of aliphatic carboxylic acids is 1. The molecular weight excluding hydrogens is 246 g/mol. The first-order valence-corrected chi connectivity index (χ1v) is 6.26. The average molecular weight is 263 g/mol. The van der Waals surface area contributed by atoms with E-state index in [2.05, 4.69) is 5.32 Å². The van der Waals surface area contributed by atoms with Gasteiger partial charge in [-0.2, -0.15) is 0 Å². The van der Waals surface area contributed by atoms with Crippen molar-refractivity contribution in [1.29, 1.82) is 0 Å². The molecule has 102 valence electrons. The third-order valence-corrected chi connectivity index (χ3v) is 3.46. The van der Waals surface area contributed by atoms with E-state index in [4.69, 9.17) is 9.84 Å². The molecule has 5 heteroatoms. The van der Waals surface area contributed by atoms with Crippen molar-refractivity contribution in [3.05, 3.63) is 24.3 Å². The lowest BCUT2D eigenvalue weighted by Gasteiger charge is -2.36. The number of hydrogen-bond acceptors (Lipinski definition) is 3. The zero-order chi connectivity index (χ0) is 13.9. The van der Waals surface area contributed by atoms with Gasteiger partial charge >= 0.3 is 5.97 Å². The second-order valence-electron chi connectivity index (χ2n) is 5.08. The first-order valence-electron chi connectivity index (χ1n) is 6.26. The van der Waals surface area contributed by atoms with Crippen LogP contribution in [0.25, 0.3) is 0 Å². The Morgan fingerprint density at radius 3 is 2.74 bits per heavy atom. The molecule has 0 radical (unpaired) electrons. The lowest BCUT2D eigenvalue weighted by Crippen LogP contribution is -2.39. The number of anilines is 1. The molecule has 1 aromatic rings.